The zero-order chi connectivity index (χ0) is 19.9. The second-order valence-corrected chi connectivity index (χ2v) is 6.85. The fourth-order valence-electron chi connectivity index (χ4n) is 2.56. The van der Waals surface area contributed by atoms with Crippen molar-refractivity contribution < 1.29 is 9.53 Å². The minimum Gasteiger partial charge on any atom is -0.483 e. The molecule has 3 aromatic rings. The molecule has 1 amide bonds. The van der Waals surface area contributed by atoms with E-state index in [4.69, 9.17) is 16.3 Å². The van der Waals surface area contributed by atoms with Crippen LogP contribution in [-0.4, -0.2) is 18.7 Å². The summed E-state index contributed by atoms with van der Waals surface area (Å²) in [6.45, 7) is 4.00. The summed E-state index contributed by atoms with van der Waals surface area (Å²) in [4.78, 5) is 16.6. The number of hydrogen-bond donors (Lipinski definition) is 1. The molecule has 0 aliphatic heterocycles. The molecule has 3 aromatic carbocycles. The van der Waals surface area contributed by atoms with Gasteiger partial charge in [-0.1, -0.05) is 35.9 Å². The molecule has 0 aliphatic rings. The van der Waals surface area contributed by atoms with Gasteiger partial charge in [-0.05, 0) is 67.4 Å². The third-order valence-electron chi connectivity index (χ3n) is 4.23. The largest absolute Gasteiger partial charge is 0.483 e. The van der Waals surface area contributed by atoms with Crippen molar-refractivity contribution in [1.82, 2.24) is 0 Å². The number of amides is 1. The lowest BCUT2D eigenvalue weighted by Crippen LogP contribution is -2.20. The molecule has 0 atom stereocenters. The Morgan fingerprint density at radius 1 is 1.04 bits per heavy atom. The number of carbonyl (C=O) groups excluding carboxylic acids is 1. The highest BCUT2D eigenvalue weighted by Crippen LogP contribution is 2.23. The van der Waals surface area contributed by atoms with Crippen molar-refractivity contribution in [3.05, 3.63) is 88.4 Å². The molecule has 3 rings (SSSR count). The van der Waals surface area contributed by atoms with Gasteiger partial charge < -0.3 is 10.1 Å². The average Bonchev–Trinajstić information content (AvgIpc) is 2.69. The number of ether oxygens (including phenoxy) is 1. The van der Waals surface area contributed by atoms with Crippen LogP contribution in [0.4, 0.5) is 11.4 Å². The average molecular weight is 393 g/mol. The van der Waals surface area contributed by atoms with Crippen molar-refractivity contribution in [2.45, 2.75) is 13.8 Å². The van der Waals surface area contributed by atoms with E-state index < -0.39 is 0 Å². The lowest BCUT2D eigenvalue weighted by molar-refractivity contribution is -0.118. The van der Waals surface area contributed by atoms with Gasteiger partial charge in [-0.25, -0.2) is 0 Å². The molecule has 0 aliphatic carbocycles. The monoisotopic (exact) mass is 392 g/mol. The first-order chi connectivity index (χ1) is 13.5. The number of benzene rings is 3. The molecule has 0 bridgehead atoms. The van der Waals surface area contributed by atoms with Crippen LogP contribution in [0.2, 0.25) is 5.02 Å². The summed E-state index contributed by atoms with van der Waals surface area (Å²) in [6, 6.07) is 20.5. The van der Waals surface area contributed by atoms with Gasteiger partial charge in [0.1, 0.15) is 5.75 Å². The van der Waals surface area contributed by atoms with E-state index in [1.807, 2.05) is 55.5 Å². The van der Waals surface area contributed by atoms with Gasteiger partial charge in [0.05, 0.1) is 5.69 Å². The van der Waals surface area contributed by atoms with E-state index in [-0.39, 0.29) is 12.5 Å². The number of rotatable bonds is 6. The Kier molecular flexibility index (Phi) is 6.45. The number of hydrogen-bond acceptors (Lipinski definition) is 3. The minimum atomic E-state index is -0.238. The van der Waals surface area contributed by atoms with Crippen LogP contribution >= 0.6 is 11.6 Å². The Bertz CT molecular complexity index is 1000. The Morgan fingerprint density at radius 3 is 2.57 bits per heavy atom. The third kappa shape index (κ3) is 5.44. The first-order valence-electron chi connectivity index (χ1n) is 8.90. The smallest absolute Gasteiger partial charge is 0.262 e. The summed E-state index contributed by atoms with van der Waals surface area (Å²) in [7, 11) is 0. The maximum Gasteiger partial charge on any atom is 0.262 e. The number of halogens is 1. The molecule has 142 valence electrons. The standard InChI is InChI=1S/C23H21ClN2O2/c1-16-8-10-21(12-17(16)2)25-14-18-13-19(24)9-11-22(18)28-15-23(27)26-20-6-4-3-5-7-20/h3-14H,15H2,1-2H3,(H,26,27). The number of nitrogens with zero attached hydrogens (tertiary/aromatic N) is 1. The van der Waals surface area contributed by atoms with Crippen molar-refractivity contribution in [2.75, 3.05) is 11.9 Å². The van der Waals surface area contributed by atoms with E-state index in [0.717, 1.165) is 11.4 Å². The Hall–Kier alpha value is -3.11. The number of anilines is 1. The van der Waals surface area contributed by atoms with E-state index in [2.05, 4.69) is 17.2 Å². The molecular weight excluding hydrogens is 372 g/mol. The lowest BCUT2D eigenvalue weighted by atomic mass is 10.1. The van der Waals surface area contributed by atoms with Gasteiger partial charge >= 0.3 is 0 Å². The van der Waals surface area contributed by atoms with Crippen LogP contribution in [0.5, 0.6) is 5.75 Å². The second kappa shape index (κ2) is 9.20. The Morgan fingerprint density at radius 2 is 1.82 bits per heavy atom. The SMILES string of the molecule is Cc1ccc(N=Cc2cc(Cl)ccc2OCC(=O)Nc2ccccc2)cc1C. The molecule has 28 heavy (non-hydrogen) atoms. The molecule has 5 heteroatoms. The van der Waals surface area contributed by atoms with Crippen molar-refractivity contribution >= 4 is 35.1 Å². The van der Waals surface area contributed by atoms with E-state index >= 15 is 0 Å². The molecule has 0 heterocycles. The van der Waals surface area contributed by atoms with Crippen LogP contribution in [0.1, 0.15) is 16.7 Å². The normalized spacial score (nSPS) is 10.8. The van der Waals surface area contributed by atoms with E-state index in [1.54, 1.807) is 24.4 Å². The lowest BCUT2D eigenvalue weighted by Gasteiger charge is -2.10. The van der Waals surface area contributed by atoms with Crippen LogP contribution in [0.15, 0.2) is 71.7 Å². The fourth-order valence-corrected chi connectivity index (χ4v) is 2.74. The van der Waals surface area contributed by atoms with Gasteiger partial charge in [0, 0.05) is 22.5 Å². The van der Waals surface area contributed by atoms with E-state index in [9.17, 15) is 4.79 Å². The fraction of sp³-hybridized carbons (Fsp3) is 0.130. The zero-order valence-electron chi connectivity index (χ0n) is 15.8. The molecule has 0 aromatic heterocycles. The molecule has 1 N–H and O–H groups in total. The highest BCUT2D eigenvalue weighted by molar-refractivity contribution is 6.30. The zero-order valence-corrected chi connectivity index (χ0v) is 16.5. The Balaban J connectivity index is 1.70. The summed E-state index contributed by atoms with van der Waals surface area (Å²) in [5.74, 6) is 0.304. The number of aliphatic imine (C=N–C) groups is 1. The maximum absolute atomic E-state index is 12.1. The molecule has 0 spiro atoms. The molecule has 0 saturated heterocycles. The molecule has 0 radical (unpaired) electrons. The first-order valence-corrected chi connectivity index (χ1v) is 9.27. The molecule has 0 saturated carbocycles. The molecule has 4 nitrogen and oxygen atoms in total. The highest BCUT2D eigenvalue weighted by atomic mass is 35.5. The predicted molar refractivity (Wildman–Crippen MR) is 115 cm³/mol. The first kappa shape index (κ1) is 19.6. The number of para-hydroxylation sites is 1. The van der Waals surface area contributed by atoms with Crippen LogP contribution in [0.3, 0.4) is 0 Å². The topological polar surface area (TPSA) is 50.7 Å². The summed E-state index contributed by atoms with van der Waals surface area (Å²) >= 11 is 6.12. The molecule has 0 unspecified atom stereocenters. The van der Waals surface area contributed by atoms with Crippen molar-refractivity contribution in [1.29, 1.82) is 0 Å². The second-order valence-electron chi connectivity index (χ2n) is 6.41. The quantitative estimate of drug-likeness (QED) is 0.545. The van der Waals surface area contributed by atoms with Crippen LogP contribution in [0, 0.1) is 13.8 Å². The Labute approximate surface area is 169 Å². The summed E-state index contributed by atoms with van der Waals surface area (Å²) < 4.78 is 5.70. The van der Waals surface area contributed by atoms with Crippen LogP contribution < -0.4 is 10.1 Å². The van der Waals surface area contributed by atoms with Gasteiger partial charge in [-0.15, -0.1) is 0 Å². The van der Waals surface area contributed by atoms with Gasteiger partial charge in [-0.3, -0.25) is 9.79 Å². The van der Waals surface area contributed by atoms with Gasteiger partial charge in [0.2, 0.25) is 0 Å². The summed E-state index contributed by atoms with van der Waals surface area (Å²) in [5.41, 5.74) is 4.67. The third-order valence-corrected chi connectivity index (χ3v) is 4.47. The summed E-state index contributed by atoms with van der Waals surface area (Å²) in [6.07, 6.45) is 1.69. The summed E-state index contributed by atoms with van der Waals surface area (Å²) in [5, 5.41) is 3.36. The maximum atomic E-state index is 12.1. The van der Waals surface area contributed by atoms with E-state index in [0.29, 0.717) is 16.3 Å². The van der Waals surface area contributed by atoms with Gasteiger partial charge in [-0.2, -0.15) is 0 Å². The number of nitrogens with one attached hydrogen (secondary N) is 1. The number of aryl methyl sites for hydroxylation is 2. The minimum absolute atomic E-state index is 0.110. The van der Waals surface area contributed by atoms with Gasteiger partial charge in [0.25, 0.3) is 5.91 Å². The highest BCUT2D eigenvalue weighted by Gasteiger charge is 2.07. The molecule has 0 fully saturated rings. The van der Waals surface area contributed by atoms with Crippen molar-refractivity contribution in [2.24, 2.45) is 4.99 Å². The number of carbonyl (C=O) groups is 1. The molecular formula is C23H21ClN2O2. The van der Waals surface area contributed by atoms with Crippen molar-refractivity contribution in [3.63, 3.8) is 0 Å². The van der Waals surface area contributed by atoms with Crippen molar-refractivity contribution in [3.8, 4) is 5.75 Å². The van der Waals surface area contributed by atoms with E-state index in [1.165, 1.54) is 11.1 Å². The van der Waals surface area contributed by atoms with Gasteiger partial charge in [0.15, 0.2) is 6.61 Å². The van der Waals surface area contributed by atoms with Crippen LogP contribution in [-0.2, 0) is 4.79 Å². The van der Waals surface area contributed by atoms with Crippen LogP contribution in [0.25, 0.3) is 0 Å². The predicted octanol–water partition coefficient (Wildman–Crippen LogP) is 5.72.